The lowest BCUT2D eigenvalue weighted by molar-refractivity contribution is -0.120. The number of carbonyl (C=O) groups is 1. The van der Waals surface area contributed by atoms with Gasteiger partial charge in [0.2, 0.25) is 0 Å². The first-order valence-corrected chi connectivity index (χ1v) is 7.46. The molecule has 1 aliphatic rings. The van der Waals surface area contributed by atoms with Gasteiger partial charge >= 0.3 is 0 Å². The van der Waals surface area contributed by atoms with Crippen LogP contribution in [0.4, 0.5) is 0 Å². The van der Waals surface area contributed by atoms with E-state index in [1.807, 2.05) is 36.4 Å². The maximum Gasteiger partial charge on any atom is 0.161 e. The van der Waals surface area contributed by atoms with Gasteiger partial charge in [0, 0.05) is 0 Å². The lowest BCUT2D eigenvalue weighted by atomic mass is 9.72. The first-order valence-electron chi connectivity index (χ1n) is 6.54. The summed E-state index contributed by atoms with van der Waals surface area (Å²) in [5.41, 5.74) is 1.73. The molecule has 19 heavy (non-hydrogen) atoms. The Morgan fingerprint density at radius 1 is 0.895 bits per heavy atom. The number of rotatable bonds is 2. The summed E-state index contributed by atoms with van der Waals surface area (Å²) in [4.78, 5) is 12.7. The first-order chi connectivity index (χ1) is 9.25. The summed E-state index contributed by atoms with van der Waals surface area (Å²) >= 11 is 3.52. The van der Waals surface area contributed by atoms with E-state index in [-0.39, 0.29) is 10.6 Å². The molecular weight excluding hydrogens is 300 g/mol. The predicted octanol–water partition coefficient (Wildman–Crippen LogP) is 4.10. The fraction of sp³-hybridized carbons (Fsp3) is 0.235. The minimum atomic E-state index is -0.476. The molecule has 0 unspecified atom stereocenters. The number of carbonyl (C=O) groups excluding carboxylic acids is 1. The van der Waals surface area contributed by atoms with Crippen molar-refractivity contribution in [3.05, 3.63) is 71.8 Å². The van der Waals surface area contributed by atoms with Crippen LogP contribution in [0.25, 0.3) is 0 Å². The molecule has 1 atom stereocenters. The molecule has 0 heterocycles. The van der Waals surface area contributed by atoms with E-state index >= 15 is 0 Å². The third-order valence-corrected chi connectivity index (χ3v) is 4.88. The molecule has 1 nitrogen and oxygen atoms in total. The molecule has 0 amide bonds. The Morgan fingerprint density at radius 3 is 1.74 bits per heavy atom. The fourth-order valence-electron chi connectivity index (χ4n) is 3.05. The molecule has 2 aromatic carbocycles. The number of Topliss-reactive ketones (excluding diaryl/α,β-unsaturated/α-hetero) is 1. The zero-order valence-electron chi connectivity index (χ0n) is 10.6. The zero-order chi connectivity index (χ0) is 13.3. The molecule has 2 heteroatoms. The van der Waals surface area contributed by atoms with Crippen molar-refractivity contribution in [1.82, 2.24) is 0 Å². The van der Waals surface area contributed by atoms with Gasteiger partial charge in [-0.15, -0.1) is 0 Å². The molecule has 0 aromatic heterocycles. The van der Waals surface area contributed by atoms with Crippen molar-refractivity contribution in [2.45, 2.75) is 23.1 Å². The summed E-state index contributed by atoms with van der Waals surface area (Å²) in [7, 11) is 0. The third kappa shape index (κ3) is 1.95. The largest absolute Gasteiger partial charge is 0.297 e. The van der Waals surface area contributed by atoms with E-state index in [1.165, 1.54) is 0 Å². The summed E-state index contributed by atoms with van der Waals surface area (Å²) in [5, 5.41) is 0. The maximum atomic E-state index is 12.8. The molecule has 0 bridgehead atoms. The molecule has 1 saturated carbocycles. The predicted molar refractivity (Wildman–Crippen MR) is 80.6 cm³/mol. The number of hydrogen-bond acceptors (Lipinski definition) is 1. The van der Waals surface area contributed by atoms with E-state index < -0.39 is 5.41 Å². The van der Waals surface area contributed by atoms with Crippen molar-refractivity contribution in [2.75, 3.05) is 0 Å². The molecule has 1 fully saturated rings. The molecule has 3 rings (SSSR count). The van der Waals surface area contributed by atoms with Crippen LogP contribution >= 0.6 is 15.9 Å². The minimum absolute atomic E-state index is 0.0343. The highest BCUT2D eigenvalue weighted by Crippen LogP contribution is 2.45. The highest BCUT2D eigenvalue weighted by Gasteiger charge is 2.48. The van der Waals surface area contributed by atoms with Crippen LogP contribution in [0.3, 0.4) is 0 Å². The Balaban J connectivity index is 2.21. The molecule has 0 spiro atoms. The van der Waals surface area contributed by atoms with Gasteiger partial charge in [-0.05, 0) is 24.0 Å². The zero-order valence-corrected chi connectivity index (χ0v) is 12.1. The molecular formula is C17H15BrO. The molecule has 0 aliphatic heterocycles. The van der Waals surface area contributed by atoms with Gasteiger partial charge in [-0.3, -0.25) is 4.79 Å². The minimum Gasteiger partial charge on any atom is -0.297 e. The van der Waals surface area contributed by atoms with Crippen LogP contribution < -0.4 is 0 Å². The average Bonchev–Trinajstić information content (AvgIpc) is 2.78. The van der Waals surface area contributed by atoms with Crippen molar-refractivity contribution < 1.29 is 4.79 Å². The Bertz CT molecular complexity index is 537. The van der Waals surface area contributed by atoms with Gasteiger partial charge in [-0.2, -0.15) is 0 Å². The molecule has 1 aliphatic carbocycles. The van der Waals surface area contributed by atoms with Crippen LogP contribution in [0.15, 0.2) is 60.7 Å². The van der Waals surface area contributed by atoms with Crippen LogP contribution in [0, 0.1) is 0 Å². The third-order valence-electron chi connectivity index (χ3n) is 4.01. The number of benzene rings is 2. The number of halogens is 1. The van der Waals surface area contributed by atoms with Gasteiger partial charge in [0.1, 0.15) is 0 Å². The number of hydrogen-bond donors (Lipinski definition) is 0. The second kappa shape index (κ2) is 4.93. The van der Waals surface area contributed by atoms with Crippen LogP contribution in [0.2, 0.25) is 0 Å². The normalized spacial score (nSPS) is 21.5. The Hall–Kier alpha value is -1.41. The van der Waals surface area contributed by atoms with Gasteiger partial charge < -0.3 is 0 Å². The van der Waals surface area contributed by atoms with Gasteiger partial charge in [-0.1, -0.05) is 76.6 Å². The van der Waals surface area contributed by atoms with Crippen LogP contribution in [-0.4, -0.2) is 10.6 Å². The Labute approximate surface area is 121 Å². The van der Waals surface area contributed by atoms with E-state index in [2.05, 4.69) is 40.2 Å². The van der Waals surface area contributed by atoms with E-state index in [0.717, 1.165) is 24.0 Å². The van der Waals surface area contributed by atoms with Crippen molar-refractivity contribution in [3.63, 3.8) is 0 Å². The van der Waals surface area contributed by atoms with E-state index in [0.29, 0.717) is 0 Å². The monoisotopic (exact) mass is 314 g/mol. The Kier molecular flexibility index (Phi) is 3.28. The molecule has 96 valence electrons. The summed E-state index contributed by atoms with van der Waals surface area (Å²) in [5.74, 6) is 0.282. The maximum absolute atomic E-state index is 12.8. The van der Waals surface area contributed by atoms with Gasteiger partial charge in [0.05, 0.1) is 10.2 Å². The highest BCUT2D eigenvalue weighted by molar-refractivity contribution is 9.10. The number of ketones is 1. The van der Waals surface area contributed by atoms with Gasteiger partial charge in [0.15, 0.2) is 5.78 Å². The van der Waals surface area contributed by atoms with E-state index in [1.54, 1.807) is 0 Å². The summed E-state index contributed by atoms with van der Waals surface area (Å²) in [6, 6.07) is 20.3. The summed E-state index contributed by atoms with van der Waals surface area (Å²) < 4.78 is 0. The van der Waals surface area contributed by atoms with Crippen LogP contribution in [-0.2, 0) is 10.2 Å². The number of alkyl halides is 1. The van der Waals surface area contributed by atoms with Crippen molar-refractivity contribution in [3.8, 4) is 0 Å². The van der Waals surface area contributed by atoms with Crippen molar-refractivity contribution >= 4 is 21.7 Å². The summed E-state index contributed by atoms with van der Waals surface area (Å²) in [6.07, 6.45) is 1.76. The first kappa shape index (κ1) is 12.6. The topological polar surface area (TPSA) is 17.1 Å². The second-order valence-electron chi connectivity index (χ2n) is 5.01. The van der Waals surface area contributed by atoms with Crippen LogP contribution in [0.1, 0.15) is 24.0 Å². The smallest absolute Gasteiger partial charge is 0.161 e. The second-order valence-corrected chi connectivity index (χ2v) is 6.11. The lowest BCUT2D eigenvalue weighted by Crippen LogP contribution is -2.34. The molecule has 2 aromatic rings. The quantitative estimate of drug-likeness (QED) is 0.763. The average molecular weight is 315 g/mol. The van der Waals surface area contributed by atoms with Crippen molar-refractivity contribution in [2.24, 2.45) is 0 Å². The van der Waals surface area contributed by atoms with Gasteiger partial charge in [0.25, 0.3) is 0 Å². The molecule has 0 radical (unpaired) electrons. The standard InChI is InChI=1S/C17H15BrO/c18-15-11-12-17(16(15)19,13-7-3-1-4-8-13)14-9-5-2-6-10-14/h1-10,15H,11-12H2/t15-/m0/s1. The Morgan fingerprint density at radius 2 is 1.37 bits per heavy atom. The van der Waals surface area contributed by atoms with E-state index in [9.17, 15) is 4.79 Å². The molecule has 0 N–H and O–H groups in total. The molecule has 0 saturated heterocycles. The van der Waals surface area contributed by atoms with E-state index in [4.69, 9.17) is 0 Å². The highest BCUT2D eigenvalue weighted by atomic mass is 79.9. The van der Waals surface area contributed by atoms with Crippen molar-refractivity contribution in [1.29, 1.82) is 0 Å². The summed E-state index contributed by atoms with van der Waals surface area (Å²) in [6.45, 7) is 0. The van der Waals surface area contributed by atoms with Gasteiger partial charge in [-0.25, -0.2) is 0 Å². The lowest BCUT2D eigenvalue weighted by Gasteiger charge is -2.29. The SMILES string of the molecule is O=C1[C@@H](Br)CCC1(c1ccccc1)c1ccccc1. The fourth-order valence-corrected chi connectivity index (χ4v) is 3.67. The van der Waals surface area contributed by atoms with Crippen LogP contribution in [0.5, 0.6) is 0 Å².